The number of nitrogens with zero attached hydrogens (tertiary/aromatic N) is 1. The molecule has 0 aromatic heterocycles. The molecule has 0 amide bonds. The quantitative estimate of drug-likeness (QED) is 0.150. The second kappa shape index (κ2) is 11.4. The summed E-state index contributed by atoms with van der Waals surface area (Å²) >= 11 is 1.74. The summed E-state index contributed by atoms with van der Waals surface area (Å²) < 4.78 is 51.0. The van der Waals surface area contributed by atoms with Gasteiger partial charge in [0, 0.05) is 9.99 Å². The molecule has 2 rings (SSSR count). The van der Waals surface area contributed by atoms with Crippen LogP contribution in [-0.2, 0) is 29.1 Å². The molecule has 0 fully saturated rings. The van der Waals surface area contributed by atoms with Gasteiger partial charge in [-0.3, -0.25) is 0 Å². The average molecular weight is 569 g/mol. The van der Waals surface area contributed by atoms with E-state index in [4.69, 9.17) is 9.47 Å². The van der Waals surface area contributed by atoms with Gasteiger partial charge in [-0.2, -0.15) is 0 Å². The van der Waals surface area contributed by atoms with Gasteiger partial charge in [0.1, 0.15) is 17.4 Å². The first-order valence-electron chi connectivity index (χ1n) is 9.31. The molecule has 1 aliphatic carbocycles. The molecular formula is C19H21FINO8S. The number of aldehydes is 1. The smallest absolute Gasteiger partial charge is 0.478 e. The number of carbonyl (C=O) groups excluding carboxylic acids is 2. The van der Waals surface area contributed by atoms with Crippen molar-refractivity contribution in [3.8, 4) is 0 Å². The molecule has 1 aliphatic rings. The summed E-state index contributed by atoms with van der Waals surface area (Å²) in [6.07, 6.45) is 2.33. The van der Waals surface area contributed by atoms with Crippen LogP contribution in [0.3, 0.4) is 0 Å². The molecule has 1 aromatic carbocycles. The molecule has 0 aliphatic heterocycles. The Morgan fingerprint density at radius 2 is 2.06 bits per heavy atom. The highest BCUT2D eigenvalue weighted by Gasteiger charge is 2.39. The Kier molecular flexibility index (Phi) is 9.22. The van der Waals surface area contributed by atoms with Crippen molar-refractivity contribution in [2.75, 3.05) is 17.6 Å². The maximum atomic E-state index is 13.6. The van der Waals surface area contributed by atoms with Crippen molar-refractivity contribution in [2.24, 2.45) is 0 Å². The number of carboxylic acids is 1. The fraction of sp³-hybridized carbons (Fsp3) is 0.421. The summed E-state index contributed by atoms with van der Waals surface area (Å²) in [6, 6.07) is 3.36. The summed E-state index contributed by atoms with van der Waals surface area (Å²) in [6.45, 7) is -0.882. The largest absolute Gasteiger partial charge is 0.510 e. The van der Waals surface area contributed by atoms with Crippen LogP contribution < -0.4 is 4.31 Å². The van der Waals surface area contributed by atoms with Gasteiger partial charge in [-0.05, 0) is 66.5 Å². The number of unbranched alkanes of at least 4 members (excludes halogenated alkanes) is 1. The highest BCUT2D eigenvalue weighted by molar-refractivity contribution is 14.1. The van der Waals surface area contributed by atoms with Crippen LogP contribution in [0.2, 0.25) is 0 Å². The molecule has 1 N–H and O–H groups in total. The zero-order chi connectivity index (χ0) is 23.0. The lowest BCUT2D eigenvalue weighted by atomic mass is 9.99. The van der Waals surface area contributed by atoms with Gasteiger partial charge in [0.15, 0.2) is 6.73 Å². The average Bonchev–Trinajstić information content (AvgIpc) is 2.72. The van der Waals surface area contributed by atoms with E-state index in [1.807, 2.05) is 0 Å². The number of hydrogen-bond donors (Lipinski definition) is 1. The van der Waals surface area contributed by atoms with Crippen LogP contribution in [0.4, 0.5) is 14.9 Å². The van der Waals surface area contributed by atoms with Crippen LogP contribution in [0.25, 0.3) is 0 Å². The molecule has 9 nitrogen and oxygen atoms in total. The lowest BCUT2D eigenvalue weighted by Crippen LogP contribution is -2.44. The van der Waals surface area contributed by atoms with Crippen molar-refractivity contribution >= 4 is 56.7 Å². The number of hydrogen-bond acceptors (Lipinski definition) is 7. The predicted molar refractivity (Wildman–Crippen MR) is 116 cm³/mol. The van der Waals surface area contributed by atoms with Crippen molar-refractivity contribution in [3.05, 3.63) is 39.2 Å². The summed E-state index contributed by atoms with van der Waals surface area (Å²) in [5.74, 6) is -1.94. The number of halogens is 2. The molecule has 0 radical (unpaired) electrons. The molecule has 1 atom stereocenters. The minimum Gasteiger partial charge on any atom is -0.478 e. The first-order valence-corrected chi connectivity index (χ1v) is 11.9. The molecule has 1 aromatic rings. The lowest BCUT2D eigenvalue weighted by molar-refractivity contribution is -0.132. The van der Waals surface area contributed by atoms with Gasteiger partial charge in [-0.1, -0.05) is 6.08 Å². The number of aliphatic carboxylic acids is 1. The summed E-state index contributed by atoms with van der Waals surface area (Å²) in [4.78, 5) is 33.7. The van der Waals surface area contributed by atoms with Gasteiger partial charge < -0.3 is 19.4 Å². The Balaban J connectivity index is 2.32. The molecule has 0 bridgehead atoms. The second-order valence-electron chi connectivity index (χ2n) is 6.55. The monoisotopic (exact) mass is 569 g/mol. The maximum absolute atomic E-state index is 13.6. The molecule has 31 heavy (non-hydrogen) atoms. The highest BCUT2D eigenvalue weighted by Crippen LogP contribution is 2.33. The molecule has 12 heteroatoms. The summed E-state index contributed by atoms with van der Waals surface area (Å²) in [5, 5.41) is 8.09. The van der Waals surface area contributed by atoms with Gasteiger partial charge in [0.25, 0.3) is 0 Å². The maximum Gasteiger partial charge on any atom is 0.510 e. The third-order valence-corrected chi connectivity index (χ3v) is 7.45. The van der Waals surface area contributed by atoms with E-state index in [9.17, 15) is 32.3 Å². The SMILES string of the molecule is O=CCCCOC(=O)OCN(c1ccc(F)cc1I)S(=O)(=O)C1CCCC=C1C(=O)O. The molecule has 0 heterocycles. The number of anilines is 1. The van der Waals surface area contributed by atoms with Crippen molar-refractivity contribution in [3.63, 3.8) is 0 Å². The fourth-order valence-electron chi connectivity index (χ4n) is 2.97. The third-order valence-electron chi connectivity index (χ3n) is 4.46. The second-order valence-corrected chi connectivity index (χ2v) is 9.76. The van der Waals surface area contributed by atoms with E-state index in [0.29, 0.717) is 19.1 Å². The van der Waals surface area contributed by atoms with E-state index < -0.39 is 39.9 Å². The minimum absolute atomic E-state index is 0.0334. The Hall–Kier alpha value is -2.22. The van der Waals surface area contributed by atoms with E-state index >= 15 is 0 Å². The number of carbonyl (C=O) groups is 3. The van der Waals surface area contributed by atoms with Gasteiger partial charge in [-0.15, -0.1) is 0 Å². The lowest BCUT2D eigenvalue weighted by Gasteiger charge is -2.31. The number of rotatable bonds is 10. The van der Waals surface area contributed by atoms with Crippen molar-refractivity contribution in [2.45, 2.75) is 37.4 Å². The first kappa shape index (κ1) is 25.0. The molecular weight excluding hydrogens is 548 g/mol. The highest BCUT2D eigenvalue weighted by atomic mass is 127. The predicted octanol–water partition coefficient (Wildman–Crippen LogP) is 3.22. The van der Waals surface area contributed by atoms with Gasteiger partial charge in [0.2, 0.25) is 10.0 Å². The van der Waals surface area contributed by atoms with Crippen LogP contribution in [0.5, 0.6) is 0 Å². The zero-order valence-corrected chi connectivity index (χ0v) is 19.3. The van der Waals surface area contributed by atoms with Gasteiger partial charge in [-0.25, -0.2) is 26.7 Å². The van der Waals surface area contributed by atoms with E-state index in [0.717, 1.165) is 16.4 Å². The number of sulfonamides is 1. The van der Waals surface area contributed by atoms with E-state index in [1.54, 1.807) is 22.6 Å². The Bertz CT molecular complexity index is 966. The number of carboxylic acid groups (broad SMARTS) is 1. The van der Waals surface area contributed by atoms with E-state index in [-0.39, 0.29) is 40.7 Å². The van der Waals surface area contributed by atoms with Gasteiger partial charge in [0.05, 0.1) is 17.9 Å². The summed E-state index contributed by atoms with van der Waals surface area (Å²) in [5.41, 5.74) is -0.226. The van der Waals surface area contributed by atoms with E-state index in [2.05, 4.69) is 0 Å². The Morgan fingerprint density at radius 3 is 2.71 bits per heavy atom. The molecule has 1 unspecified atom stereocenters. The number of ether oxygens (including phenoxy) is 2. The molecule has 0 spiro atoms. The minimum atomic E-state index is -4.35. The fourth-order valence-corrected chi connectivity index (χ4v) is 5.83. The molecule has 0 saturated carbocycles. The normalized spacial score (nSPS) is 16.2. The number of allylic oxidation sites excluding steroid dienone is 1. The van der Waals surface area contributed by atoms with Crippen molar-refractivity contribution in [1.29, 1.82) is 0 Å². The Labute approximate surface area is 192 Å². The molecule has 170 valence electrons. The first-order chi connectivity index (χ1) is 14.7. The molecule has 0 saturated heterocycles. The van der Waals surface area contributed by atoms with Gasteiger partial charge >= 0.3 is 12.1 Å². The van der Waals surface area contributed by atoms with Crippen molar-refractivity contribution < 1.29 is 41.8 Å². The van der Waals surface area contributed by atoms with Crippen LogP contribution in [0, 0.1) is 9.39 Å². The van der Waals surface area contributed by atoms with Crippen LogP contribution in [-0.4, -0.2) is 50.5 Å². The van der Waals surface area contributed by atoms with Crippen LogP contribution in [0.1, 0.15) is 32.1 Å². The number of benzene rings is 1. The topological polar surface area (TPSA) is 127 Å². The van der Waals surface area contributed by atoms with Crippen LogP contribution >= 0.6 is 22.6 Å². The van der Waals surface area contributed by atoms with E-state index in [1.165, 1.54) is 12.1 Å². The summed E-state index contributed by atoms with van der Waals surface area (Å²) in [7, 11) is -4.35. The zero-order valence-electron chi connectivity index (χ0n) is 16.3. The standard InChI is InChI=1S/C19H21FINO8S/c20-13-7-8-16(15(21)11-13)22(12-30-19(26)29-10-4-3-9-23)31(27,28)17-6-2-1-5-14(17)18(24)25/h5,7-9,11,17H,1-4,6,10,12H2,(H,24,25). The third kappa shape index (κ3) is 6.63. The van der Waals surface area contributed by atoms with Crippen molar-refractivity contribution in [1.82, 2.24) is 0 Å². The van der Waals surface area contributed by atoms with Crippen LogP contribution in [0.15, 0.2) is 29.8 Å². The Morgan fingerprint density at radius 1 is 1.32 bits per heavy atom.